The Morgan fingerprint density at radius 1 is 1.03 bits per heavy atom. The molecule has 1 atom stereocenters. The van der Waals surface area contributed by atoms with Crippen molar-refractivity contribution in [3.63, 3.8) is 0 Å². The fraction of sp³-hybridized carbons (Fsp3) is 0.393. The van der Waals surface area contributed by atoms with Crippen molar-refractivity contribution in [2.75, 3.05) is 25.7 Å². The van der Waals surface area contributed by atoms with E-state index in [1.165, 1.54) is 30.2 Å². The van der Waals surface area contributed by atoms with E-state index in [9.17, 15) is 9.90 Å². The van der Waals surface area contributed by atoms with Crippen molar-refractivity contribution >= 4 is 11.9 Å². The molecule has 36 heavy (non-hydrogen) atoms. The first-order chi connectivity index (χ1) is 17.6. The Hall–Kier alpha value is -3.81. The second kappa shape index (κ2) is 10.4. The van der Waals surface area contributed by atoms with Gasteiger partial charge in [-0.1, -0.05) is 6.07 Å². The molecule has 1 saturated heterocycles. The highest BCUT2D eigenvalue weighted by atomic mass is 16.5. The zero-order valence-corrected chi connectivity index (χ0v) is 20.7. The van der Waals surface area contributed by atoms with Crippen LogP contribution >= 0.6 is 0 Å². The SMILES string of the molecule is COc1ccc([C@@H]2CCCN2c2ncc(C(=O)O)c(COc3ccc4c(c3)CCCC4)n2)c(OC)c1. The van der Waals surface area contributed by atoms with E-state index in [0.717, 1.165) is 55.0 Å². The minimum Gasteiger partial charge on any atom is -0.497 e. The van der Waals surface area contributed by atoms with Gasteiger partial charge < -0.3 is 24.2 Å². The Morgan fingerprint density at radius 2 is 1.83 bits per heavy atom. The number of hydrogen-bond acceptors (Lipinski definition) is 7. The third kappa shape index (κ3) is 4.80. The average molecular weight is 490 g/mol. The van der Waals surface area contributed by atoms with Gasteiger partial charge in [0.2, 0.25) is 5.95 Å². The topological polar surface area (TPSA) is 94.0 Å². The Kier molecular flexibility index (Phi) is 6.93. The van der Waals surface area contributed by atoms with Gasteiger partial charge in [-0.25, -0.2) is 14.8 Å². The summed E-state index contributed by atoms with van der Waals surface area (Å²) in [6.07, 6.45) is 7.82. The third-order valence-electron chi connectivity index (χ3n) is 7.09. The minimum absolute atomic E-state index is 0.0101. The molecule has 0 spiro atoms. The Labute approximate surface area is 210 Å². The second-order valence-corrected chi connectivity index (χ2v) is 9.22. The molecule has 2 heterocycles. The molecule has 8 heteroatoms. The molecule has 0 unspecified atom stereocenters. The smallest absolute Gasteiger partial charge is 0.339 e. The molecule has 3 aromatic rings. The number of fused-ring (bicyclic) bond motifs is 1. The molecule has 0 radical (unpaired) electrons. The van der Waals surface area contributed by atoms with Crippen LogP contribution in [0.3, 0.4) is 0 Å². The van der Waals surface area contributed by atoms with Crippen LogP contribution in [-0.4, -0.2) is 41.8 Å². The number of anilines is 1. The maximum absolute atomic E-state index is 11.9. The predicted molar refractivity (Wildman–Crippen MR) is 135 cm³/mol. The quantitative estimate of drug-likeness (QED) is 0.473. The van der Waals surface area contributed by atoms with Crippen molar-refractivity contribution in [1.29, 1.82) is 0 Å². The fourth-order valence-electron chi connectivity index (χ4n) is 5.21. The summed E-state index contributed by atoms with van der Waals surface area (Å²) in [6.45, 7) is 0.817. The molecule has 1 N–H and O–H groups in total. The first-order valence-electron chi connectivity index (χ1n) is 12.4. The summed E-state index contributed by atoms with van der Waals surface area (Å²) >= 11 is 0. The van der Waals surface area contributed by atoms with Gasteiger partial charge in [-0.05, 0) is 73.9 Å². The van der Waals surface area contributed by atoms with Crippen molar-refractivity contribution in [3.05, 3.63) is 70.5 Å². The van der Waals surface area contributed by atoms with E-state index in [0.29, 0.717) is 11.6 Å². The summed E-state index contributed by atoms with van der Waals surface area (Å²) in [5.41, 5.74) is 4.12. The lowest BCUT2D eigenvalue weighted by atomic mass is 9.92. The Balaban J connectivity index is 1.41. The van der Waals surface area contributed by atoms with E-state index in [4.69, 9.17) is 14.2 Å². The molecule has 1 aliphatic heterocycles. The number of nitrogens with zero attached hydrogens (tertiary/aromatic N) is 3. The second-order valence-electron chi connectivity index (χ2n) is 9.22. The van der Waals surface area contributed by atoms with Gasteiger partial charge in [0.15, 0.2) is 0 Å². The summed E-state index contributed by atoms with van der Waals surface area (Å²) in [5.74, 6) is 1.62. The van der Waals surface area contributed by atoms with E-state index in [1.807, 2.05) is 24.3 Å². The fourth-order valence-corrected chi connectivity index (χ4v) is 5.21. The van der Waals surface area contributed by atoms with Crippen LogP contribution in [0.2, 0.25) is 0 Å². The molecule has 1 fully saturated rings. The number of carboxylic acids is 1. The highest BCUT2D eigenvalue weighted by Crippen LogP contribution is 2.40. The zero-order valence-electron chi connectivity index (χ0n) is 20.7. The van der Waals surface area contributed by atoms with E-state index < -0.39 is 5.97 Å². The van der Waals surface area contributed by atoms with Gasteiger partial charge in [-0.2, -0.15) is 0 Å². The molecular weight excluding hydrogens is 458 g/mol. The maximum Gasteiger partial charge on any atom is 0.339 e. The third-order valence-corrected chi connectivity index (χ3v) is 7.09. The maximum atomic E-state index is 11.9. The van der Waals surface area contributed by atoms with Gasteiger partial charge in [0.05, 0.1) is 26.0 Å². The monoisotopic (exact) mass is 489 g/mol. The molecule has 5 rings (SSSR count). The number of methoxy groups -OCH3 is 2. The van der Waals surface area contributed by atoms with Crippen molar-refractivity contribution in [2.24, 2.45) is 0 Å². The number of carboxylic acid groups (broad SMARTS) is 1. The molecule has 1 aliphatic carbocycles. The van der Waals surface area contributed by atoms with Crippen LogP contribution in [0, 0.1) is 0 Å². The van der Waals surface area contributed by atoms with Crippen LogP contribution in [0.15, 0.2) is 42.6 Å². The standard InChI is InChI=1S/C28H31N3O5/c1-34-20-11-12-22(26(15-20)35-2)25-8-5-13-31(25)28-29-16-23(27(32)33)24(30-28)17-36-21-10-9-18-6-3-4-7-19(18)14-21/h9-12,14-16,25H,3-8,13,17H2,1-2H3,(H,32,33)/t25-/m0/s1. The van der Waals surface area contributed by atoms with Crippen LogP contribution in [-0.2, 0) is 19.4 Å². The molecule has 0 bridgehead atoms. The first kappa shape index (κ1) is 23.9. The highest BCUT2D eigenvalue weighted by Gasteiger charge is 2.31. The van der Waals surface area contributed by atoms with Crippen molar-refractivity contribution in [2.45, 2.75) is 51.2 Å². The molecular formula is C28H31N3O5. The van der Waals surface area contributed by atoms with Gasteiger partial charge in [0, 0.05) is 24.4 Å². The number of aryl methyl sites for hydroxylation is 2. The average Bonchev–Trinajstić information content (AvgIpc) is 3.41. The zero-order chi connectivity index (χ0) is 25.1. The van der Waals surface area contributed by atoms with Gasteiger partial charge in [0.1, 0.15) is 29.4 Å². The van der Waals surface area contributed by atoms with Crippen LogP contribution in [0.1, 0.15) is 64.5 Å². The Morgan fingerprint density at radius 3 is 2.61 bits per heavy atom. The largest absolute Gasteiger partial charge is 0.497 e. The number of benzene rings is 2. The van der Waals surface area contributed by atoms with Gasteiger partial charge in [-0.15, -0.1) is 0 Å². The van der Waals surface area contributed by atoms with Crippen LogP contribution < -0.4 is 19.1 Å². The normalized spacial score (nSPS) is 16.9. The van der Waals surface area contributed by atoms with Crippen LogP contribution in [0.5, 0.6) is 17.2 Å². The lowest BCUT2D eigenvalue weighted by Crippen LogP contribution is -2.26. The first-order valence-corrected chi connectivity index (χ1v) is 12.4. The lowest BCUT2D eigenvalue weighted by Gasteiger charge is -2.27. The summed E-state index contributed by atoms with van der Waals surface area (Å²) in [5, 5.41) is 9.75. The number of aromatic carboxylic acids is 1. The minimum atomic E-state index is -1.07. The van der Waals surface area contributed by atoms with Gasteiger partial charge >= 0.3 is 5.97 Å². The number of carbonyl (C=O) groups is 1. The summed E-state index contributed by atoms with van der Waals surface area (Å²) in [7, 11) is 3.27. The lowest BCUT2D eigenvalue weighted by molar-refractivity contribution is 0.0692. The number of rotatable bonds is 8. The summed E-state index contributed by atoms with van der Waals surface area (Å²) in [4.78, 5) is 23.1. The summed E-state index contributed by atoms with van der Waals surface area (Å²) < 4.78 is 17.0. The molecule has 2 aliphatic rings. The predicted octanol–water partition coefficient (Wildman–Crippen LogP) is 4.99. The molecule has 0 saturated carbocycles. The van der Waals surface area contributed by atoms with Gasteiger partial charge in [0.25, 0.3) is 0 Å². The summed E-state index contributed by atoms with van der Waals surface area (Å²) in [6, 6.07) is 12.0. The van der Waals surface area contributed by atoms with Gasteiger partial charge in [-0.3, -0.25) is 0 Å². The molecule has 1 aromatic heterocycles. The van der Waals surface area contributed by atoms with Crippen molar-refractivity contribution in [1.82, 2.24) is 9.97 Å². The Bertz CT molecular complexity index is 1260. The molecule has 0 amide bonds. The van der Waals surface area contributed by atoms with E-state index in [2.05, 4.69) is 27.0 Å². The highest BCUT2D eigenvalue weighted by molar-refractivity contribution is 5.88. The molecule has 188 valence electrons. The van der Waals surface area contributed by atoms with E-state index in [1.54, 1.807) is 14.2 Å². The molecule has 8 nitrogen and oxygen atoms in total. The number of hydrogen-bond donors (Lipinski definition) is 1. The van der Waals surface area contributed by atoms with E-state index >= 15 is 0 Å². The van der Waals surface area contributed by atoms with Crippen LogP contribution in [0.4, 0.5) is 5.95 Å². The number of ether oxygens (including phenoxy) is 3. The molecule has 2 aromatic carbocycles. The number of aromatic nitrogens is 2. The van der Waals surface area contributed by atoms with E-state index in [-0.39, 0.29) is 18.2 Å². The van der Waals surface area contributed by atoms with Crippen molar-refractivity contribution < 1.29 is 24.1 Å². The van der Waals surface area contributed by atoms with Crippen molar-refractivity contribution in [3.8, 4) is 17.2 Å². The van der Waals surface area contributed by atoms with Crippen LogP contribution in [0.25, 0.3) is 0 Å².